The second-order valence-corrected chi connectivity index (χ2v) is 20.7. The van der Waals surface area contributed by atoms with Crippen molar-refractivity contribution in [2.24, 2.45) is 0 Å². The fourth-order valence-electron chi connectivity index (χ4n) is 8.83. The van der Waals surface area contributed by atoms with E-state index in [2.05, 4.69) is 81.5 Å². The molecular formula is C65H116O6. The summed E-state index contributed by atoms with van der Waals surface area (Å²) in [6.45, 7) is 6.61. The molecule has 0 amide bonds. The van der Waals surface area contributed by atoms with Gasteiger partial charge in [0, 0.05) is 19.3 Å². The third-order valence-electron chi connectivity index (χ3n) is 13.5. The predicted octanol–water partition coefficient (Wildman–Crippen LogP) is 20.8. The molecule has 1 atom stereocenters. The molecule has 0 aliphatic rings. The van der Waals surface area contributed by atoms with E-state index in [9.17, 15) is 14.4 Å². The summed E-state index contributed by atoms with van der Waals surface area (Å²) < 4.78 is 16.9. The van der Waals surface area contributed by atoms with Crippen molar-refractivity contribution in [2.75, 3.05) is 13.2 Å². The van der Waals surface area contributed by atoms with Gasteiger partial charge in [0.05, 0.1) is 0 Å². The average Bonchev–Trinajstić information content (AvgIpc) is 3.37. The van der Waals surface area contributed by atoms with Gasteiger partial charge in [-0.2, -0.15) is 0 Å². The molecule has 0 N–H and O–H groups in total. The van der Waals surface area contributed by atoms with Crippen molar-refractivity contribution in [1.82, 2.24) is 0 Å². The molecule has 0 aliphatic carbocycles. The summed E-state index contributed by atoms with van der Waals surface area (Å²) >= 11 is 0. The number of hydrogen-bond donors (Lipinski definition) is 0. The van der Waals surface area contributed by atoms with Crippen LogP contribution in [0.25, 0.3) is 0 Å². The van der Waals surface area contributed by atoms with E-state index in [0.717, 1.165) is 83.5 Å². The van der Waals surface area contributed by atoms with E-state index in [0.29, 0.717) is 19.3 Å². The maximum absolute atomic E-state index is 12.9. The second kappa shape index (κ2) is 59.7. The third-order valence-corrected chi connectivity index (χ3v) is 13.5. The van der Waals surface area contributed by atoms with Crippen LogP contribution in [-0.4, -0.2) is 37.2 Å². The molecule has 0 rings (SSSR count). The minimum atomic E-state index is -0.791. The summed E-state index contributed by atoms with van der Waals surface area (Å²) in [5, 5.41) is 0. The highest BCUT2D eigenvalue weighted by molar-refractivity contribution is 5.71. The van der Waals surface area contributed by atoms with Gasteiger partial charge in [-0.15, -0.1) is 0 Å². The van der Waals surface area contributed by atoms with E-state index in [1.54, 1.807) is 0 Å². The predicted molar refractivity (Wildman–Crippen MR) is 307 cm³/mol. The molecule has 71 heavy (non-hydrogen) atoms. The number of esters is 3. The van der Waals surface area contributed by atoms with Gasteiger partial charge in [0.2, 0.25) is 0 Å². The molecule has 412 valence electrons. The Hall–Kier alpha value is -2.89. The first-order valence-corrected chi connectivity index (χ1v) is 30.8. The van der Waals surface area contributed by atoms with E-state index in [1.807, 2.05) is 0 Å². The van der Waals surface area contributed by atoms with Gasteiger partial charge in [0.15, 0.2) is 6.10 Å². The summed E-state index contributed by atoms with van der Waals surface area (Å²) in [6.07, 6.45) is 75.0. The smallest absolute Gasteiger partial charge is 0.306 e. The zero-order valence-corrected chi connectivity index (χ0v) is 47.2. The van der Waals surface area contributed by atoms with Crippen LogP contribution in [0.15, 0.2) is 60.8 Å². The van der Waals surface area contributed by atoms with Gasteiger partial charge >= 0.3 is 17.9 Å². The highest BCUT2D eigenvalue weighted by Crippen LogP contribution is 2.16. The first-order chi connectivity index (χ1) is 35.0. The van der Waals surface area contributed by atoms with Crippen molar-refractivity contribution in [3.05, 3.63) is 60.8 Å². The lowest BCUT2D eigenvalue weighted by atomic mass is 10.1. The molecule has 6 nitrogen and oxygen atoms in total. The lowest BCUT2D eigenvalue weighted by molar-refractivity contribution is -0.167. The van der Waals surface area contributed by atoms with Gasteiger partial charge in [-0.1, -0.05) is 261 Å². The van der Waals surface area contributed by atoms with Gasteiger partial charge in [0.25, 0.3) is 0 Å². The molecule has 0 saturated heterocycles. The van der Waals surface area contributed by atoms with Gasteiger partial charge in [-0.25, -0.2) is 0 Å². The zero-order chi connectivity index (χ0) is 51.4. The first kappa shape index (κ1) is 68.1. The standard InChI is InChI=1S/C65H116O6/c1-4-7-10-13-16-19-22-25-28-31-33-35-37-40-43-46-49-52-55-58-64(67)70-61-62(60-69-63(66)57-54-51-48-45-42-39-36-30-27-24-21-18-15-12-9-6-3)71-65(68)59-56-53-50-47-44-41-38-34-32-29-26-23-20-17-14-11-8-5-2/h16,19,22,25,30,34,36,38-39,42,62H,4-15,17-18,20-21,23-24,26-29,31-33,35,37,40-41,43-61H2,1-3H3/b19-16-,25-22-,36-30-,38-34-,42-39-. The third kappa shape index (κ3) is 57.9. The second-order valence-electron chi connectivity index (χ2n) is 20.7. The Kier molecular flexibility index (Phi) is 57.2. The van der Waals surface area contributed by atoms with Crippen LogP contribution < -0.4 is 0 Å². The molecule has 0 radical (unpaired) electrons. The van der Waals surface area contributed by atoms with Crippen LogP contribution in [0.5, 0.6) is 0 Å². The van der Waals surface area contributed by atoms with Crippen molar-refractivity contribution in [2.45, 2.75) is 322 Å². The fourth-order valence-corrected chi connectivity index (χ4v) is 8.83. The van der Waals surface area contributed by atoms with Crippen LogP contribution in [-0.2, 0) is 28.6 Å². The Labute approximate surface area is 440 Å². The summed E-state index contributed by atoms with van der Waals surface area (Å²) in [4.78, 5) is 38.2. The number of rotatable bonds is 56. The zero-order valence-electron chi connectivity index (χ0n) is 47.2. The van der Waals surface area contributed by atoms with E-state index < -0.39 is 6.10 Å². The van der Waals surface area contributed by atoms with Crippen molar-refractivity contribution < 1.29 is 28.6 Å². The Balaban J connectivity index is 4.41. The number of unbranched alkanes of at least 4 members (excludes halogenated alkanes) is 37. The lowest BCUT2D eigenvalue weighted by Crippen LogP contribution is -2.30. The maximum atomic E-state index is 12.9. The largest absolute Gasteiger partial charge is 0.462 e. The molecule has 0 fully saturated rings. The minimum Gasteiger partial charge on any atom is -0.462 e. The molecule has 0 aromatic heterocycles. The lowest BCUT2D eigenvalue weighted by Gasteiger charge is -2.18. The van der Waals surface area contributed by atoms with Gasteiger partial charge in [-0.3, -0.25) is 14.4 Å². The normalized spacial score (nSPS) is 12.4. The number of allylic oxidation sites excluding steroid dienone is 10. The summed E-state index contributed by atoms with van der Waals surface area (Å²) in [5.74, 6) is -0.911. The number of ether oxygens (including phenoxy) is 3. The van der Waals surface area contributed by atoms with Crippen molar-refractivity contribution in [3.63, 3.8) is 0 Å². The SMILES string of the molecule is CCCCC/C=C\C=C/CCCCCCCCCCCCC(=O)OCC(COC(=O)CCCCC/C=C\C=C/CCCCCCCCC)OC(=O)CCCCCCC/C=C\CCCCCCCCCCC. The molecule has 0 aliphatic heterocycles. The topological polar surface area (TPSA) is 78.9 Å². The molecule has 1 unspecified atom stereocenters. The molecule has 0 saturated carbocycles. The van der Waals surface area contributed by atoms with Crippen LogP contribution in [0.4, 0.5) is 0 Å². The first-order valence-electron chi connectivity index (χ1n) is 30.8. The Morgan fingerprint density at radius 1 is 0.282 bits per heavy atom. The molecular weight excluding hydrogens is 877 g/mol. The molecule has 0 aromatic rings. The molecule has 0 heterocycles. The quantitative estimate of drug-likeness (QED) is 0.0199. The monoisotopic (exact) mass is 993 g/mol. The van der Waals surface area contributed by atoms with Crippen LogP contribution in [0, 0.1) is 0 Å². The molecule has 0 aromatic carbocycles. The van der Waals surface area contributed by atoms with E-state index in [-0.39, 0.29) is 31.1 Å². The maximum Gasteiger partial charge on any atom is 0.306 e. The number of hydrogen-bond acceptors (Lipinski definition) is 6. The summed E-state index contributed by atoms with van der Waals surface area (Å²) in [7, 11) is 0. The van der Waals surface area contributed by atoms with Gasteiger partial charge < -0.3 is 14.2 Å². The highest BCUT2D eigenvalue weighted by atomic mass is 16.6. The number of carbonyl (C=O) groups is 3. The van der Waals surface area contributed by atoms with Gasteiger partial charge in [0.1, 0.15) is 13.2 Å². The average molecular weight is 994 g/mol. The van der Waals surface area contributed by atoms with E-state index in [4.69, 9.17) is 14.2 Å². The van der Waals surface area contributed by atoms with Crippen LogP contribution >= 0.6 is 0 Å². The van der Waals surface area contributed by atoms with E-state index in [1.165, 1.54) is 193 Å². The molecule has 6 heteroatoms. The van der Waals surface area contributed by atoms with E-state index >= 15 is 0 Å². The summed E-state index contributed by atoms with van der Waals surface area (Å²) in [5.41, 5.74) is 0. The Morgan fingerprint density at radius 2 is 0.507 bits per heavy atom. The molecule has 0 bridgehead atoms. The van der Waals surface area contributed by atoms with Gasteiger partial charge in [-0.05, 0) is 96.3 Å². The van der Waals surface area contributed by atoms with Crippen LogP contribution in [0.3, 0.4) is 0 Å². The van der Waals surface area contributed by atoms with Crippen molar-refractivity contribution >= 4 is 17.9 Å². The Morgan fingerprint density at radius 3 is 0.831 bits per heavy atom. The molecule has 0 spiro atoms. The van der Waals surface area contributed by atoms with Crippen LogP contribution in [0.1, 0.15) is 316 Å². The highest BCUT2D eigenvalue weighted by Gasteiger charge is 2.19. The fraction of sp³-hybridized carbons (Fsp3) is 0.800. The van der Waals surface area contributed by atoms with Crippen molar-refractivity contribution in [1.29, 1.82) is 0 Å². The van der Waals surface area contributed by atoms with Crippen molar-refractivity contribution in [3.8, 4) is 0 Å². The Bertz CT molecular complexity index is 1280. The minimum absolute atomic E-state index is 0.0865. The van der Waals surface area contributed by atoms with Crippen LogP contribution in [0.2, 0.25) is 0 Å². The number of carbonyl (C=O) groups excluding carboxylic acids is 3. The summed E-state index contributed by atoms with van der Waals surface area (Å²) in [6, 6.07) is 0.